The first-order valence-corrected chi connectivity index (χ1v) is 16.0. The van der Waals surface area contributed by atoms with Gasteiger partial charge < -0.3 is 5.32 Å². The molecule has 0 radical (unpaired) electrons. The van der Waals surface area contributed by atoms with E-state index < -0.39 is 0 Å². The number of allylic oxidation sites excluding steroid dienone is 2. The Labute approximate surface area is 241 Å². The van der Waals surface area contributed by atoms with Crippen LogP contribution in [-0.4, -0.2) is 27.7 Å². The van der Waals surface area contributed by atoms with Crippen LogP contribution in [-0.2, 0) is 4.79 Å². The molecule has 1 aromatic heterocycles. The highest BCUT2D eigenvalue weighted by Gasteiger charge is 2.69. The van der Waals surface area contributed by atoms with Gasteiger partial charge in [-0.25, -0.2) is 4.98 Å². The monoisotopic (exact) mass is 545 g/mol. The van der Waals surface area contributed by atoms with Gasteiger partial charge in [0.05, 0.1) is 6.20 Å². The fourth-order valence-electron chi connectivity index (χ4n) is 11.8. The summed E-state index contributed by atoms with van der Waals surface area (Å²) in [5.41, 5.74) is 3.98. The van der Waals surface area contributed by atoms with Gasteiger partial charge in [0.2, 0.25) is 0 Å². The Kier molecular flexibility index (Phi) is 6.31. The van der Waals surface area contributed by atoms with Gasteiger partial charge in [-0.05, 0) is 108 Å². The molecular formula is C35H51N3O2. The van der Waals surface area contributed by atoms with Gasteiger partial charge in [-0.15, -0.1) is 0 Å². The largest absolute Gasteiger partial charge is 0.347 e. The summed E-state index contributed by atoms with van der Waals surface area (Å²) >= 11 is 0. The molecule has 1 heterocycles. The second-order valence-electron chi connectivity index (χ2n) is 16.2. The van der Waals surface area contributed by atoms with Gasteiger partial charge in [0.25, 0.3) is 5.91 Å². The van der Waals surface area contributed by atoms with Crippen LogP contribution in [0.4, 0.5) is 0 Å². The SMILES string of the molecule is CC(C)C1=C2[C@H]3CC[C@@H]4[C@@]5(C)CCC(NC(=O)c6cnccn6)C(C)(C)[C@@H]5CC[C@@]4(C)[C@]3(C)CC[C@@]2(C)CC1=O. The van der Waals surface area contributed by atoms with Crippen molar-refractivity contribution in [3.63, 3.8) is 0 Å². The molecular weight excluding hydrogens is 494 g/mol. The highest BCUT2D eigenvalue weighted by Crippen LogP contribution is 2.76. The molecule has 1 aromatic rings. The summed E-state index contributed by atoms with van der Waals surface area (Å²) in [6.45, 7) is 19.6. The van der Waals surface area contributed by atoms with Crippen molar-refractivity contribution in [1.82, 2.24) is 15.3 Å². The summed E-state index contributed by atoms with van der Waals surface area (Å²) in [5.74, 6) is 2.41. The third kappa shape index (κ3) is 3.63. The molecule has 40 heavy (non-hydrogen) atoms. The summed E-state index contributed by atoms with van der Waals surface area (Å²) in [6, 6.07) is 0.134. The van der Waals surface area contributed by atoms with E-state index in [1.54, 1.807) is 24.2 Å². The van der Waals surface area contributed by atoms with Crippen molar-refractivity contribution in [1.29, 1.82) is 0 Å². The zero-order chi connectivity index (χ0) is 28.9. The summed E-state index contributed by atoms with van der Waals surface area (Å²) in [6.07, 6.45) is 15.0. The van der Waals surface area contributed by atoms with Gasteiger partial charge in [0.1, 0.15) is 5.69 Å². The van der Waals surface area contributed by atoms with Gasteiger partial charge >= 0.3 is 0 Å². The van der Waals surface area contributed by atoms with Crippen LogP contribution < -0.4 is 5.32 Å². The molecule has 1 unspecified atom stereocenters. The smallest absolute Gasteiger partial charge is 0.271 e. The molecule has 0 aliphatic heterocycles. The second kappa shape index (κ2) is 8.98. The fourth-order valence-corrected chi connectivity index (χ4v) is 11.8. The molecule has 0 spiro atoms. The van der Waals surface area contributed by atoms with E-state index in [-0.39, 0.29) is 39.0 Å². The van der Waals surface area contributed by atoms with Crippen molar-refractivity contribution in [3.05, 3.63) is 35.4 Å². The summed E-state index contributed by atoms with van der Waals surface area (Å²) in [7, 11) is 0. The number of nitrogens with one attached hydrogen (secondary N) is 1. The van der Waals surface area contributed by atoms with Crippen LogP contribution in [0.25, 0.3) is 0 Å². The van der Waals surface area contributed by atoms with E-state index in [4.69, 9.17) is 0 Å². The number of hydrogen-bond donors (Lipinski definition) is 1. The Balaban J connectivity index is 1.31. The van der Waals surface area contributed by atoms with E-state index in [1.165, 1.54) is 37.7 Å². The van der Waals surface area contributed by atoms with Gasteiger partial charge in [0, 0.05) is 24.9 Å². The molecule has 0 aromatic carbocycles. The number of nitrogens with zero attached hydrogens (tertiary/aromatic N) is 2. The average molecular weight is 546 g/mol. The van der Waals surface area contributed by atoms with Crippen molar-refractivity contribution in [2.24, 2.45) is 50.7 Å². The minimum atomic E-state index is -0.103. The lowest BCUT2D eigenvalue weighted by Crippen LogP contribution is -2.66. The Hall–Kier alpha value is -2.04. The molecule has 0 bridgehead atoms. The van der Waals surface area contributed by atoms with Crippen LogP contribution in [0.2, 0.25) is 0 Å². The lowest BCUT2D eigenvalue weighted by Gasteiger charge is -2.72. The average Bonchev–Trinajstić information content (AvgIpc) is 3.17. The molecule has 5 aliphatic rings. The predicted octanol–water partition coefficient (Wildman–Crippen LogP) is 7.58. The number of ketones is 1. The first-order chi connectivity index (χ1) is 18.7. The maximum atomic E-state index is 13.3. The topological polar surface area (TPSA) is 72.0 Å². The number of Topliss-reactive ketones (excluding diaryl/α,β-unsaturated/α-hetero) is 1. The zero-order valence-corrected chi connectivity index (χ0v) is 26.2. The molecule has 5 heteroatoms. The van der Waals surface area contributed by atoms with Crippen molar-refractivity contribution < 1.29 is 9.59 Å². The Bertz CT molecular complexity index is 1250. The minimum Gasteiger partial charge on any atom is -0.347 e. The molecule has 218 valence electrons. The highest BCUT2D eigenvalue weighted by atomic mass is 16.2. The maximum absolute atomic E-state index is 13.3. The third-order valence-corrected chi connectivity index (χ3v) is 13.9. The quantitative estimate of drug-likeness (QED) is 0.425. The van der Waals surface area contributed by atoms with Crippen molar-refractivity contribution in [3.8, 4) is 0 Å². The Morgan fingerprint density at radius 1 is 0.900 bits per heavy atom. The molecule has 5 aliphatic carbocycles. The van der Waals surface area contributed by atoms with E-state index in [0.717, 1.165) is 25.7 Å². The molecule has 4 saturated carbocycles. The third-order valence-electron chi connectivity index (χ3n) is 13.9. The number of rotatable bonds is 3. The Morgan fingerprint density at radius 2 is 1.65 bits per heavy atom. The molecule has 5 nitrogen and oxygen atoms in total. The molecule has 4 fully saturated rings. The van der Waals surface area contributed by atoms with Gasteiger partial charge in [-0.3, -0.25) is 14.6 Å². The number of hydrogen-bond acceptors (Lipinski definition) is 4. The number of carbonyl (C=O) groups is 2. The number of carbonyl (C=O) groups excluding carboxylic acids is 2. The lowest BCUT2D eigenvalue weighted by molar-refractivity contribution is -0.215. The predicted molar refractivity (Wildman–Crippen MR) is 158 cm³/mol. The Morgan fingerprint density at radius 3 is 2.33 bits per heavy atom. The number of amides is 1. The van der Waals surface area contributed by atoms with Gasteiger partial charge in [-0.1, -0.05) is 61.0 Å². The molecule has 0 saturated heterocycles. The van der Waals surface area contributed by atoms with E-state index in [0.29, 0.717) is 35.1 Å². The van der Waals surface area contributed by atoms with E-state index in [1.807, 2.05) is 0 Å². The standard InChI is InChI=1S/C35H51N3O2/c1-21(2)28-24(39)19-32(5)15-16-34(7)22(29(28)32)9-10-26-33(6)13-12-27(38-30(40)23-20-36-17-18-37-23)31(3,4)25(33)11-14-35(26,34)8/h17-18,20-22,25-27H,9-16,19H2,1-8H3,(H,38,40)/t22-,25+,26-,27?,32+,33+,34-,35-/m1/s1. The van der Waals surface area contributed by atoms with Crippen LogP contribution in [0.15, 0.2) is 29.7 Å². The van der Waals surface area contributed by atoms with Crippen LogP contribution in [0, 0.1) is 50.7 Å². The maximum Gasteiger partial charge on any atom is 0.271 e. The van der Waals surface area contributed by atoms with Gasteiger partial charge in [0.15, 0.2) is 5.78 Å². The van der Waals surface area contributed by atoms with E-state index in [9.17, 15) is 9.59 Å². The first-order valence-electron chi connectivity index (χ1n) is 16.0. The summed E-state index contributed by atoms with van der Waals surface area (Å²) in [5, 5.41) is 3.38. The number of aromatic nitrogens is 2. The van der Waals surface area contributed by atoms with Crippen LogP contribution in [0.3, 0.4) is 0 Å². The normalized spacial score (nSPS) is 44.0. The second-order valence-corrected chi connectivity index (χ2v) is 16.2. The summed E-state index contributed by atoms with van der Waals surface area (Å²) in [4.78, 5) is 34.8. The molecule has 1 amide bonds. The van der Waals surface area contributed by atoms with Crippen molar-refractivity contribution >= 4 is 11.7 Å². The van der Waals surface area contributed by atoms with E-state index in [2.05, 4.69) is 70.7 Å². The van der Waals surface area contributed by atoms with Crippen LogP contribution in [0.5, 0.6) is 0 Å². The number of fused-ring (bicyclic) bond motifs is 7. The first kappa shape index (κ1) is 28.1. The molecule has 8 atom stereocenters. The van der Waals surface area contributed by atoms with Crippen molar-refractivity contribution in [2.75, 3.05) is 0 Å². The van der Waals surface area contributed by atoms with Crippen molar-refractivity contribution in [2.45, 2.75) is 119 Å². The van der Waals surface area contributed by atoms with Gasteiger partial charge in [-0.2, -0.15) is 0 Å². The lowest BCUT2D eigenvalue weighted by atomic mass is 9.33. The summed E-state index contributed by atoms with van der Waals surface area (Å²) < 4.78 is 0. The molecule has 6 rings (SSSR count). The molecule has 1 N–H and O–H groups in total. The van der Waals surface area contributed by atoms with Crippen LogP contribution >= 0.6 is 0 Å². The van der Waals surface area contributed by atoms with E-state index >= 15 is 0 Å². The highest BCUT2D eigenvalue weighted by molar-refractivity contribution is 6.00. The zero-order valence-electron chi connectivity index (χ0n) is 26.2. The fraction of sp³-hybridized carbons (Fsp3) is 0.771. The van der Waals surface area contributed by atoms with Crippen LogP contribution in [0.1, 0.15) is 124 Å². The minimum absolute atomic E-state index is 0.000299.